The number of carbonyl (C=O) groups is 2. The summed E-state index contributed by atoms with van der Waals surface area (Å²) in [5.41, 5.74) is 5.96. The van der Waals surface area contributed by atoms with Gasteiger partial charge in [-0.25, -0.2) is 4.98 Å². The summed E-state index contributed by atoms with van der Waals surface area (Å²) in [5, 5.41) is 2.85. The predicted molar refractivity (Wildman–Crippen MR) is 122 cm³/mol. The number of para-hydroxylation sites is 1. The molecule has 2 amide bonds. The van der Waals surface area contributed by atoms with E-state index in [2.05, 4.69) is 15.2 Å². The van der Waals surface area contributed by atoms with Crippen LogP contribution in [-0.2, 0) is 21.5 Å². The Labute approximate surface area is 188 Å². The van der Waals surface area contributed by atoms with Gasteiger partial charge in [0, 0.05) is 30.7 Å². The molecule has 32 heavy (non-hydrogen) atoms. The minimum absolute atomic E-state index is 0.0509. The van der Waals surface area contributed by atoms with Crippen LogP contribution in [-0.4, -0.2) is 65.7 Å². The van der Waals surface area contributed by atoms with Crippen LogP contribution in [0.25, 0.3) is 0 Å². The molecule has 2 aromatic rings. The van der Waals surface area contributed by atoms with Gasteiger partial charge in [0.05, 0.1) is 26.0 Å². The Bertz CT molecular complexity index is 934. The first-order valence-electron chi connectivity index (χ1n) is 11.0. The first-order valence-corrected chi connectivity index (χ1v) is 11.0. The van der Waals surface area contributed by atoms with Gasteiger partial charge in [-0.3, -0.25) is 14.5 Å². The lowest BCUT2D eigenvalue weighted by atomic mass is 10.0. The third kappa shape index (κ3) is 5.86. The van der Waals surface area contributed by atoms with Crippen LogP contribution >= 0.6 is 0 Å². The highest BCUT2D eigenvalue weighted by Crippen LogP contribution is 2.27. The zero-order chi connectivity index (χ0) is 23.1. The third-order valence-corrected chi connectivity index (χ3v) is 5.87. The molecule has 1 saturated heterocycles. The molecule has 3 rings (SSSR count). The maximum absolute atomic E-state index is 12.9. The summed E-state index contributed by atoms with van der Waals surface area (Å²) >= 11 is 0. The summed E-state index contributed by atoms with van der Waals surface area (Å²) in [5.74, 6) is 0.0386. The Morgan fingerprint density at radius 1 is 1.25 bits per heavy atom. The lowest BCUT2D eigenvalue weighted by molar-refractivity contribution is -0.115. The molecule has 0 bridgehead atoms. The van der Waals surface area contributed by atoms with Crippen LogP contribution in [0.5, 0.6) is 5.75 Å². The number of imidazole rings is 1. The van der Waals surface area contributed by atoms with E-state index in [-0.39, 0.29) is 23.6 Å². The second-order valence-electron chi connectivity index (χ2n) is 8.48. The lowest BCUT2D eigenvalue weighted by Gasteiger charge is -2.27. The monoisotopic (exact) mass is 443 g/mol. The highest BCUT2D eigenvalue weighted by molar-refractivity contribution is 6.01. The van der Waals surface area contributed by atoms with Crippen molar-refractivity contribution in [1.82, 2.24) is 14.5 Å². The van der Waals surface area contributed by atoms with Gasteiger partial charge < -0.3 is 25.1 Å². The Morgan fingerprint density at radius 2 is 1.97 bits per heavy atom. The van der Waals surface area contributed by atoms with Crippen LogP contribution in [0, 0.1) is 0 Å². The van der Waals surface area contributed by atoms with Gasteiger partial charge in [-0.05, 0) is 26.3 Å². The quantitative estimate of drug-likeness (QED) is 0.581. The average Bonchev–Trinajstić information content (AvgIpc) is 3.20. The topological polar surface area (TPSA) is 112 Å². The zero-order valence-electron chi connectivity index (χ0n) is 19.1. The maximum Gasteiger partial charge on any atom is 0.271 e. The van der Waals surface area contributed by atoms with Crippen molar-refractivity contribution in [3.05, 3.63) is 41.9 Å². The molecule has 0 aliphatic carbocycles. The molecule has 1 aromatic carbocycles. The molecule has 9 heteroatoms. The van der Waals surface area contributed by atoms with Crippen molar-refractivity contribution in [2.24, 2.45) is 5.73 Å². The van der Waals surface area contributed by atoms with Gasteiger partial charge in [0.2, 0.25) is 5.91 Å². The van der Waals surface area contributed by atoms with Gasteiger partial charge in [-0.1, -0.05) is 25.1 Å². The number of hydrogen-bond acceptors (Lipinski definition) is 6. The summed E-state index contributed by atoms with van der Waals surface area (Å²) in [6.45, 7) is 10.7. The number of benzene rings is 1. The van der Waals surface area contributed by atoms with E-state index in [1.807, 2.05) is 45.0 Å². The number of rotatable bonds is 10. The fourth-order valence-electron chi connectivity index (χ4n) is 3.53. The van der Waals surface area contributed by atoms with Crippen LogP contribution in [0.2, 0.25) is 0 Å². The molecule has 1 fully saturated rings. The molecule has 0 unspecified atom stereocenters. The number of aromatic nitrogens is 2. The molecule has 2 heterocycles. The highest BCUT2D eigenvalue weighted by atomic mass is 16.5. The number of morpholine rings is 1. The predicted octanol–water partition coefficient (Wildman–Crippen LogP) is 2.02. The molecule has 0 spiro atoms. The largest absolute Gasteiger partial charge is 0.492 e. The number of hydrogen-bond donors (Lipinski definition) is 2. The van der Waals surface area contributed by atoms with E-state index in [0.717, 1.165) is 44.8 Å². The number of ether oxygens (including phenoxy) is 2. The van der Waals surface area contributed by atoms with Gasteiger partial charge in [0.15, 0.2) is 5.69 Å². The van der Waals surface area contributed by atoms with Crippen molar-refractivity contribution < 1.29 is 19.1 Å². The summed E-state index contributed by atoms with van der Waals surface area (Å²) in [7, 11) is 0. The summed E-state index contributed by atoms with van der Waals surface area (Å²) in [6, 6.07) is 7.49. The van der Waals surface area contributed by atoms with Crippen LogP contribution in [0.1, 0.15) is 43.2 Å². The number of primary amides is 1. The summed E-state index contributed by atoms with van der Waals surface area (Å²) in [6.07, 6.45) is 2.43. The van der Waals surface area contributed by atoms with Gasteiger partial charge in [-0.2, -0.15) is 0 Å². The first kappa shape index (κ1) is 23.7. The van der Waals surface area contributed by atoms with E-state index >= 15 is 0 Å². The molecule has 1 aromatic heterocycles. The average molecular weight is 444 g/mol. The SMILES string of the molecule is CCC(C)(C)n1cnc(C(N)=O)c1NC(=O)Cc1ccccc1OCCN1CCOCC1. The maximum atomic E-state index is 12.9. The van der Waals surface area contributed by atoms with E-state index in [4.69, 9.17) is 15.2 Å². The molecule has 174 valence electrons. The Hall–Kier alpha value is -2.91. The van der Waals surface area contributed by atoms with Crippen molar-refractivity contribution in [2.75, 3.05) is 44.8 Å². The van der Waals surface area contributed by atoms with Crippen LogP contribution in [0.15, 0.2) is 30.6 Å². The Morgan fingerprint density at radius 3 is 2.66 bits per heavy atom. The molecule has 0 atom stereocenters. The molecular formula is C23H33N5O4. The second kappa shape index (κ2) is 10.6. The van der Waals surface area contributed by atoms with E-state index in [1.165, 1.54) is 0 Å². The van der Waals surface area contributed by atoms with Crippen molar-refractivity contribution in [3.8, 4) is 5.75 Å². The van der Waals surface area contributed by atoms with Crippen LogP contribution < -0.4 is 15.8 Å². The van der Waals surface area contributed by atoms with Gasteiger partial charge >= 0.3 is 0 Å². The van der Waals surface area contributed by atoms with Crippen LogP contribution in [0.4, 0.5) is 5.82 Å². The Kier molecular flexibility index (Phi) is 7.87. The van der Waals surface area contributed by atoms with Crippen molar-refractivity contribution in [2.45, 2.75) is 39.2 Å². The van der Waals surface area contributed by atoms with Crippen molar-refractivity contribution >= 4 is 17.6 Å². The summed E-state index contributed by atoms with van der Waals surface area (Å²) < 4.78 is 13.1. The number of amides is 2. The number of nitrogens with two attached hydrogens (primary N) is 1. The van der Waals surface area contributed by atoms with E-state index in [0.29, 0.717) is 18.2 Å². The lowest BCUT2D eigenvalue weighted by Crippen LogP contribution is -2.38. The van der Waals surface area contributed by atoms with Gasteiger partial charge in [0.1, 0.15) is 18.2 Å². The number of nitrogens with zero attached hydrogens (tertiary/aromatic N) is 3. The minimum atomic E-state index is -0.683. The van der Waals surface area contributed by atoms with Crippen molar-refractivity contribution in [3.63, 3.8) is 0 Å². The van der Waals surface area contributed by atoms with E-state index < -0.39 is 5.91 Å². The standard InChI is InChI=1S/C23H33N5O4/c1-4-23(2,3)28-16-25-20(21(24)30)22(28)26-19(29)15-17-7-5-6-8-18(17)32-14-11-27-9-12-31-13-10-27/h5-8,16H,4,9-15H2,1-3H3,(H2,24,30)(H,26,29). The van der Waals surface area contributed by atoms with E-state index in [1.54, 1.807) is 10.9 Å². The molecule has 1 aliphatic heterocycles. The van der Waals surface area contributed by atoms with E-state index in [9.17, 15) is 9.59 Å². The second-order valence-corrected chi connectivity index (χ2v) is 8.48. The number of nitrogens with one attached hydrogen (secondary N) is 1. The van der Waals surface area contributed by atoms with Crippen molar-refractivity contribution in [1.29, 1.82) is 0 Å². The Balaban J connectivity index is 1.68. The summed E-state index contributed by atoms with van der Waals surface area (Å²) in [4.78, 5) is 31.2. The van der Waals surface area contributed by atoms with Gasteiger partial charge in [-0.15, -0.1) is 0 Å². The minimum Gasteiger partial charge on any atom is -0.492 e. The smallest absolute Gasteiger partial charge is 0.271 e. The molecule has 3 N–H and O–H groups in total. The number of anilines is 1. The number of carbonyl (C=O) groups excluding carboxylic acids is 2. The fraction of sp³-hybridized carbons (Fsp3) is 0.522. The van der Waals surface area contributed by atoms with Crippen LogP contribution in [0.3, 0.4) is 0 Å². The first-order chi connectivity index (χ1) is 15.3. The molecule has 0 saturated carbocycles. The molecule has 9 nitrogen and oxygen atoms in total. The normalized spacial score (nSPS) is 14.8. The fourth-order valence-corrected chi connectivity index (χ4v) is 3.53. The van der Waals surface area contributed by atoms with Gasteiger partial charge in [0.25, 0.3) is 5.91 Å². The molecule has 0 radical (unpaired) electrons. The molecular weight excluding hydrogens is 410 g/mol. The third-order valence-electron chi connectivity index (χ3n) is 5.87. The molecule has 1 aliphatic rings. The highest BCUT2D eigenvalue weighted by Gasteiger charge is 2.26. The zero-order valence-corrected chi connectivity index (χ0v) is 19.1.